The van der Waals surface area contributed by atoms with Crippen LogP contribution in [0.2, 0.25) is 0 Å². The Hall–Kier alpha value is -1.26. The molecule has 4 heteroatoms. The lowest BCUT2D eigenvalue weighted by atomic mass is 10.1. The molecule has 0 radical (unpaired) electrons. The highest BCUT2D eigenvalue weighted by atomic mass is 32.1. The van der Waals surface area contributed by atoms with Crippen LogP contribution in [0.1, 0.15) is 23.7 Å². The van der Waals surface area contributed by atoms with Crippen molar-refractivity contribution in [1.82, 2.24) is 15.3 Å². The van der Waals surface area contributed by atoms with Crippen LogP contribution in [0.3, 0.4) is 0 Å². The summed E-state index contributed by atoms with van der Waals surface area (Å²) in [6, 6.07) is 0. The average Bonchev–Trinajstić information content (AvgIpc) is 2.76. The lowest BCUT2D eigenvalue weighted by molar-refractivity contribution is 0.786. The monoisotopic (exact) mass is 247 g/mol. The molecule has 0 amide bonds. The Labute approximate surface area is 106 Å². The predicted octanol–water partition coefficient (Wildman–Crippen LogP) is 2.80. The Morgan fingerprint density at radius 3 is 2.76 bits per heavy atom. The summed E-state index contributed by atoms with van der Waals surface area (Å²) in [7, 11) is 1.94. The van der Waals surface area contributed by atoms with Crippen LogP contribution in [0.25, 0.3) is 11.4 Å². The molecule has 3 nitrogen and oxygen atoms in total. The smallest absolute Gasteiger partial charge is 0.160 e. The number of nitrogens with zero attached hydrogens (tertiary/aromatic N) is 2. The molecule has 17 heavy (non-hydrogen) atoms. The van der Waals surface area contributed by atoms with Gasteiger partial charge in [0.25, 0.3) is 0 Å². The zero-order chi connectivity index (χ0) is 12.3. The first-order chi connectivity index (χ1) is 8.26. The second-order valence-corrected chi connectivity index (χ2v) is 4.76. The zero-order valence-electron chi connectivity index (χ0n) is 10.4. The van der Waals surface area contributed by atoms with Crippen molar-refractivity contribution < 1.29 is 0 Å². The number of hydrogen-bond acceptors (Lipinski definition) is 4. The summed E-state index contributed by atoms with van der Waals surface area (Å²) in [5, 5.41) is 7.39. The maximum atomic E-state index is 4.67. The Morgan fingerprint density at radius 2 is 2.18 bits per heavy atom. The fourth-order valence-electron chi connectivity index (χ4n) is 1.81. The number of aryl methyl sites for hydroxylation is 2. The van der Waals surface area contributed by atoms with E-state index in [1.807, 2.05) is 13.2 Å². The van der Waals surface area contributed by atoms with Gasteiger partial charge in [-0.15, -0.1) is 0 Å². The molecule has 2 aromatic rings. The van der Waals surface area contributed by atoms with Gasteiger partial charge in [0, 0.05) is 34.9 Å². The second kappa shape index (κ2) is 5.38. The highest BCUT2D eigenvalue weighted by molar-refractivity contribution is 7.08. The summed E-state index contributed by atoms with van der Waals surface area (Å²) in [5.41, 5.74) is 4.72. The molecule has 0 spiro atoms. The number of nitrogens with one attached hydrogen (secondary N) is 1. The molecule has 0 saturated heterocycles. The van der Waals surface area contributed by atoms with Gasteiger partial charge in [0.1, 0.15) is 0 Å². The SMILES string of the molecule is CCc1nc(-c2cscc2C)ncc1CNC. The normalized spacial score (nSPS) is 10.8. The lowest BCUT2D eigenvalue weighted by Crippen LogP contribution is -2.10. The zero-order valence-corrected chi connectivity index (χ0v) is 11.3. The van der Waals surface area contributed by atoms with Crippen molar-refractivity contribution in [2.24, 2.45) is 0 Å². The summed E-state index contributed by atoms with van der Waals surface area (Å²) in [6.45, 7) is 5.06. The van der Waals surface area contributed by atoms with Crippen LogP contribution >= 0.6 is 11.3 Å². The molecule has 2 aromatic heterocycles. The van der Waals surface area contributed by atoms with Gasteiger partial charge in [-0.2, -0.15) is 11.3 Å². The number of thiophene rings is 1. The van der Waals surface area contributed by atoms with Gasteiger partial charge in [-0.25, -0.2) is 9.97 Å². The third-order valence-corrected chi connectivity index (χ3v) is 3.61. The van der Waals surface area contributed by atoms with Gasteiger partial charge < -0.3 is 5.32 Å². The first kappa shape index (κ1) is 12.2. The molecule has 0 aliphatic carbocycles. The van der Waals surface area contributed by atoms with E-state index in [0.29, 0.717) is 0 Å². The van der Waals surface area contributed by atoms with E-state index in [0.717, 1.165) is 30.0 Å². The molecule has 0 aliphatic heterocycles. The van der Waals surface area contributed by atoms with Gasteiger partial charge in [0.05, 0.1) is 0 Å². The minimum atomic E-state index is 0.825. The van der Waals surface area contributed by atoms with Crippen LogP contribution in [-0.2, 0) is 13.0 Å². The molecule has 0 unspecified atom stereocenters. The van der Waals surface area contributed by atoms with E-state index < -0.39 is 0 Å². The third kappa shape index (κ3) is 2.53. The van der Waals surface area contributed by atoms with Crippen LogP contribution in [0, 0.1) is 6.92 Å². The molecular weight excluding hydrogens is 230 g/mol. The number of aromatic nitrogens is 2. The van der Waals surface area contributed by atoms with Gasteiger partial charge in [-0.1, -0.05) is 6.92 Å². The van der Waals surface area contributed by atoms with Gasteiger partial charge >= 0.3 is 0 Å². The standard InChI is InChI=1S/C13H17N3S/c1-4-12-10(5-14-3)6-15-13(16-12)11-8-17-7-9(11)2/h6-8,14H,4-5H2,1-3H3. The molecule has 0 aliphatic rings. The van der Waals surface area contributed by atoms with E-state index in [1.165, 1.54) is 11.1 Å². The average molecular weight is 247 g/mol. The lowest BCUT2D eigenvalue weighted by Gasteiger charge is -2.08. The van der Waals surface area contributed by atoms with Gasteiger partial charge in [0.2, 0.25) is 0 Å². The number of rotatable bonds is 4. The van der Waals surface area contributed by atoms with E-state index >= 15 is 0 Å². The van der Waals surface area contributed by atoms with E-state index in [-0.39, 0.29) is 0 Å². The minimum Gasteiger partial charge on any atom is -0.316 e. The van der Waals surface area contributed by atoms with Crippen LogP contribution < -0.4 is 5.32 Å². The van der Waals surface area contributed by atoms with Crippen molar-refractivity contribution in [3.63, 3.8) is 0 Å². The van der Waals surface area contributed by atoms with E-state index in [1.54, 1.807) is 11.3 Å². The fraction of sp³-hybridized carbons (Fsp3) is 0.385. The maximum Gasteiger partial charge on any atom is 0.160 e. The van der Waals surface area contributed by atoms with Crippen molar-refractivity contribution in [3.8, 4) is 11.4 Å². The van der Waals surface area contributed by atoms with Crippen molar-refractivity contribution in [1.29, 1.82) is 0 Å². The Bertz CT molecular complexity index is 505. The molecule has 1 N–H and O–H groups in total. The third-order valence-electron chi connectivity index (χ3n) is 2.75. The molecular formula is C13H17N3S. The summed E-state index contributed by atoms with van der Waals surface area (Å²) in [6.07, 6.45) is 2.88. The molecule has 0 fully saturated rings. The van der Waals surface area contributed by atoms with Crippen LogP contribution in [0.15, 0.2) is 17.0 Å². The number of hydrogen-bond donors (Lipinski definition) is 1. The van der Waals surface area contributed by atoms with Crippen molar-refractivity contribution in [2.75, 3.05) is 7.05 Å². The largest absolute Gasteiger partial charge is 0.316 e. The molecule has 0 bridgehead atoms. The quantitative estimate of drug-likeness (QED) is 0.902. The molecule has 90 valence electrons. The minimum absolute atomic E-state index is 0.825. The van der Waals surface area contributed by atoms with Crippen molar-refractivity contribution in [2.45, 2.75) is 26.8 Å². The van der Waals surface area contributed by atoms with Crippen LogP contribution in [-0.4, -0.2) is 17.0 Å². The topological polar surface area (TPSA) is 37.8 Å². The molecule has 0 aromatic carbocycles. The molecule has 2 heterocycles. The van der Waals surface area contributed by atoms with Crippen molar-refractivity contribution >= 4 is 11.3 Å². The summed E-state index contributed by atoms with van der Waals surface area (Å²) in [5.74, 6) is 0.848. The highest BCUT2D eigenvalue weighted by Crippen LogP contribution is 2.24. The highest BCUT2D eigenvalue weighted by Gasteiger charge is 2.09. The van der Waals surface area contributed by atoms with E-state index in [9.17, 15) is 0 Å². The van der Waals surface area contributed by atoms with Gasteiger partial charge in [-0.3, -0.25) is 0 Å². The molecule has 0 atom stereocenters. The first-order valence-corrected chi connectivity index (χ1v) is 6.73. The summed E-state index contributed by atoms with van der Waals surface area (Å²) < 4.78 is 0. The van der Waals surface area contributed by atoms with Gasteiger partial charge in [0.15, 0.2) is 5.82 Å². The van der Waals surface area contributed by atoms with Crippen molar-refractivity contribution in [3.05, 3.63) is 33.8 Å². The maximum absolute atomic E-state index is 4.67. The van der Waals surface area contributed by atoms with Crippen LogP contribution in [0.4, 0.5) is 0 Å². The first-order valence-electron chi connectivity index (χ1n) is 5.78. The second-order valence-electron chi connectivity index (χ2n) is 4.02. The van der Waals surface area contributed by atoms with Crippen LogP contribution in [0.5, 0.6) is 0 Å². The Kier molecular flexibility index (Phi) is 3.86. The molecule has 0 saturated carbocycles. The van der Waals surface area contributed by atoms with E-state index in [2.05, 4.69) is 39.9 Å². The fourth-order valence-corrected chi connectivity index (χ4v) is 2.63. The Balaban J connectivity index is 2.41. The summed E-state index contributed by atoms with van der Waals surface area (Å²) in [4.78, 5) is 9.13. The molecule has 2 rings (SSSR count). The Morgan fingerprint density at radius 1 is 1.35 bits per heavy atom. The summed E-state index contributed by atoms with van der Waals surface area (Å²) >= 11 is 1.70. The van der Waals surface area contributed by atoms with Gasteiger partial charge in [-0.05, 0) is 31.3 Å². The van der Waals surface area contributed by atoms with E-state index in [4.69, 9.17) is 0 Å². The predicted molar refractivity (Wildman–Crippen MR) is 72.2 cm³/mol.